The second-order valence-electron chi connectivity index (χ2n) is 5.72. The number of para-hydroxylation sites is 1. The van der Waals surface area contributed by atoms with Crippen LogP contribution in [0.3, 0.4) is 0 Å². The van der Waals surface area contributed by atoms with Gasteiger partial charge in [0.1, 0.15) is 5.75 Å². The highest BCUT2D eigenvalue weighted by Gasteiger charge is 2.07. The van der Waals surface area contributed by atoms with Gasteiger partial charge in [-0.05, 0) is 38.0 Å². The summed E-state index contributed by atoms with van der Waals surface area (Å²) in [4.78, 5) is 12.1. The van der Waals surface area contributed by atoms with E-state index in [2.05, 4.69) is 43.5 Å². The van der Waals surface area contributed by atoms with E-state index in [1.807, 2.05) is 24.3 Å². The minimum Gasteiger partial charge on any atom is -0.496 e. The molecule has 0 saturated heterocycles. The summed E-state index contributed by atoms with van der Waals surface area (Å²) in [5.74, 6) is 0.737. The second-order valence-corrected chi connectivity index (χ2v) is 5.72. The van der Waals surface area contributed by atoms with Crippen molar-refractivity contribution in [2.45, 2.75) is 27.3 Å². The maximum atomic E-state index is 12.1. The summed E-state index contributed by atoms with van der Waals surface area (Å²) < 4.78 is 5.28. The highest BCUT2D eigenvalue weighted by molar-refractivity contribution is 5.81. The van der Waals surface area contributed by atoms with Crippen LogP contribution < -0.4 is 15.4 Å². The molecule has 0 aliphatic carbocycles. The van der Waals surface area contributed by atoms with Gasteiger partial charge in [0.25, 0.3) is 0 Å². The van der Waals surface area contributed by atoms with Crippen LogP contribution in [-0.4, -0.2) is 19.6 Å². The topological polar surface area (TPSA) is 50.4 Å². The Bertz CT molecular complexity index is 673. The van der Waals surface area contributed by atoms with Crippen LogP contribution in [0.4, 0.5) is 5.69 Å². The first-order valence-electron chi connectivity index (χ1n) is 7.71. The lowest BCUT2D eigenvalue weighted by molar-refractivity contribution is -0.119. The number of amides is 1. The lowest BCUT2D eigenvalue weighted by Crippen LogP contribution is -2.29. The highest BCUT2D eigenvalue weighted by Crippen LogP contribution is 2.21. The number of aryl methyl sites for hydroxylation is 3. The molecule has 0 radical (unpaired) electrons. The Kier molecular flexibility index (Phi) is 5.63. The summed E-state index contributed by atoms with van der Waals surface area (Å²) in [5, 5.41) is 6.14. The molecule has 2 rings (SSSR count). The van der Waals surface area contributed by atoms with Crippen molar-refractivity contribution in [3.8, 4) is 5.75 Å². The molecule has 0 aliphatic rings. The number of benzene rings is 2. The number of methoxy groups -OCH3 is 1. The van der Waals surface area contributed by atoms with E-state index < -0.39 is 0 Å². The van der Waals surface area contributed by atoms with Crippen molar-refractivity contribution in [3.63, 3.8) is 0 Å². The molecule has 4 nitrogen and oxygen atoms in total. The monoisotopic (exact) mass is 312 g/mol. The number of carbonyl (C=O) groups is 1. The molecule has 0 fully saturated rings. The van der Waals surface area contributed by atoms with Gasteiger partial charge in [-0.2, -0.15) is 0 Å². The van der Waals surface area contributed by atoms with E-state index in [0.717, 1.165) is 28.1 Å². The average molecular weight is 312 g/mol. The number of nitrogens with one attached hydrogen (secondary N) is 2. The van der Waals surface area contributed by atoms with Crippen molar-refractivity contribution >= 4 is 11.6 Å². The summed E-state index contributed by atoms with van der Waals surface area (Å²) >= 11 is 0. The van der Waals surface area contributed by atoms with E-state index in [-0.39, 0.29) is 12.5 Å². The Morgan fingerprint density at radius 1 is 1.09 bits per heavy atom. The number of carbonyl (C=O) groups excluding carboxylic acids is 1. The van der Waals surface area contributed by atoms with Gasteiger partial charge < -0.3 is 15.4 Å². The Balaban J connectivity index is 1.91. The Morgan fingerprint density at radius 2 is 1.74 bits per heavy atom. The fourth-order valence-electron chi connectivity index (χ4n) is 2.73. The lowest BCUT2D eigenvalue weighted by atomic mass is 10.1. The quantitative estimate of drug-likeness (QED) is 0.860. The van der Waals surface area contributed by atoms with E-state index in [0.29, 0.717) is 6.54 Å². The molecule has 0 aromatic heterocycles. The molecule has 0 heterocycles. The number of rotatable bonds is 6. The molecule has 4 heteroatoms. The number of hydrogen-bond donors (Lipinski definition) is 2. The summed E-state index contributed by atoms with van der Waals surface area (Å²) in [6.45, 7) is 6.88. The Morgan fingerprint density at radius 3 is 2.39 bits per heavy atom. The standard InChI is InChI=1S/C19H24N2O2/c1-13-9-14(2)19(15(3)10-13)21-12-18(22)20-11-16-7-5-6-8-17(16)23-4/h5-10,21H,11-12H2,1-4H3,(H,20,22). The zero-order valence-electron chi connectivity index (χ0n) is 14.2. The second kappa shape index (κ2) is 7.68. The van der Waals surface area contributed by atoms with Crippen LogP contribution in [0.1, 0.15) is 22.3 Å². The first-order valence-corrected chi connectivity index (χ1v) is 7.71. The van der Waals surface area contributed by atoms with Crippen molar-refractivity contribution in [1.29, 1.82) is 0 Å². The van der Waals surface area contributed by atoms with Crippen molar-refractivity contribution < 1.29 is 9.53 Å². The zero-order chi connectivity index (χ0) is 16.8. The van der Waals surface area contributed by atoms with Gasteiger partial charge in [-0.3, -0.25) is 4.79 Å². The predicted octanol–water partition coefficient (Wildman–Crippen LogP) is 3.35. The number of hydrogen-bond acceptors (Lipinski definition) is 3. The van der Waals surface area contributed by atoms with Gasteiger partial charge in [0.2, 0.25) is 5.91 Å². The van der Waals surface area contributed by atoms with Crippen LogP contribution in [0.25, 0.3) is 0 Å². The predicted molar refractivity (Wildman–Crippen MR) is 94.0 cm³/mol. The first kappa shape index (κ1) is 16.9. The van der Waals surface area contributed by atoms with Crippen molar-refractivity contribution in [1.82, 2.24) is 5.32 Å². The molecule has 122 valence electrons. The van der Waals surface area contributed by atoms with Gasteiger partial charge in [0.05, 0.1) is 13.7 Å². The van der Waals surface area contributed by atoms with Crippen LogP contribution in [0, 0.1) is 20.8 Å². The third kappa shape index (κ3) is 4.49. The van der Waals surface area contributed by atoms with Gasteiger partial charge in [-0.25, -0.2) is 0 Å². The minimum absolute atomic E-state index is 0.0460. The minimum atomic E-state index is -0.0460. The molecule has 0 bridgehead atoms. The Labute approximate surface area is 137 Å². The van der Waals surface area contributed by atoms with Crippen molar-refractivity contribution in [2.24, 2.45) is 0 Å². The van der Waals surface area contributed by atoms with E-state index in [1.165, 1.54) is 5.56 Å². The highest BCUT2D eigenvalue weighted by atomic mass is 16.5. The van der Waals surface area contributed by atoms with Crippen molar-refractivity contribution in [2.75, 3.05) is 19.0 Å². The molecule has 1 amide bonds. The lowest BCUT2D eigenvalue weighted by Gasteiger charge is -2.14. The van der Waals surface area contributed by atoms with Gasteiger partial charge >= 0.3 is 0 Å². The van der Waals surface area contributed by atoms with E-state index in [4.69, 9.17) is 4.74 Å². The first-order chi connectivity index (χ1) is 11.0. The van der Waals surface area contributed by atoms with Gasteiger partial charge in [-0.1, -0.05) is 35.9 Å². The maximum absolute atomic E-state index is 12.1. The van der Waals surface area contributed by atoms with Crippen LogP contribution in [0.15, 0.2) is 36.4 Å². The average Bonchev–Trinajstić information content (AvgIpc) is 2.52. The third-order valence-electron chi connectivity index (χ3n) is 3.77. The van der Waals surface area contributed by atoms with E-state index >= 15 is 0 Å². The Hall–Kier alpha value is -2.49. The van der Waals surface area contributed by atoms with E-state index in [1.54, 1.807) is 7.11 Å². The van der Waals surface area contributed by atoms with Crippen LogP contribution in [0.2, 0.25) is 0 Å². The molecular formula is C19H24N2O2. The summed E-state index contributed by atoms with van der Waals surface area (Å²) in [6, 6.07) is 11.9. The fourth-order valence-corrected chi connectivity index (χ4v) is 2.73. The SMILES string of the molecule is COc1ccccc1CNC(=O)CNc1c(C)cc(C)cc1C. The molecule has 0 atom stereocenters. The normalized spacial score (nSPS) is 10.3. The van der Waals surface area contributed by atoms with Crippen LogP contribution in [0.5, 0.6) is 5.75 Å². The third-order valence-corrected chi connectivity index (χ3v) is 3.77. The number of anilines is 1. The molecule has 0 unspecified atom stereocenters. The molecule has 2 aromatic rings. The summed E-state index contributed by atoms with van der Waals surface area (Å²) in [6.07, 6.45) is 0. The van der Waals surface area contributed by atoms with Crippen LogP contribution in [-0.2, 0) is 11.3 Å². The van der Waals surface area contributed by atoms with Crippen molar-refractivity contribution in [3.05, 3.63) is 58.7 Å². The summed E-state index contributed by atoms with van der Waals surface area (Å²) in [7, 11) is 1.63. The summed E-state index contributed by atoms with van der Waals surface area (Å²) in [5.41, 5.74) is 5.53. The molecule has 2 N–H and O–H groups in total. The smallest absolute Gasteiger partial charge is 0.239 e. The number of ether oxygens (including phenoxy) is 1. The molecular weight excluding hydrogens is 288 g/mol. The molecule has 2 aromatic carbocycles. The largest absolute Gasteiger partial charge is 0.496 e. The van der Waals surface area contributed by atoms with E-state index in [9.17, 15) is 4.79 Å². The fraction of sp³-hybridized carbons (Fsp3) is 0.316. The molecule has 0 aliphatic heterocycles. The molecule has 23 heavy (non-hydrogen) atoms. The van der Waals surface area contributed by atoms with Gasteiger partial charge in [0, 0.05) is 17.8 Å². The molecule has 0 saturated carbocycles. The van der Waals surface area contributed by atoms with Gasteiger partial charge in [-0.15, -0.1) is 0 Å². The van der Waals surface area contributed by atoms with Crippen LogP contribution >= 0.6 is 0 Å². The maximum Gasteiger partial charge on any atom is 0.239 e. The van der Waals surface area contributed by atoms with Gasteiger partial charge in [0.15, 0.2) is 0 Å². The zero-order valence-corrected chi connectivity index (χ0v) is 14.2. The molecule has 0 spiro atoms.